The van der Waals surface area contributed by atoms with Crippen molar-refractivity contribution in [2.75, 3.05) is 51.0 Å². The zero-order valence-corrected chi connectivity index (χ0v) is 21.8. The number of likely N-dealkylation sites (N-methyl/N-ethyl adjacent to an activating group) is 1. The third-order valence-electron chi connectivity index (χ3n) is 6.44. The van der Waals surface area contributed by atoms with E-state index in [0.717, 1.165) is 38.3 Å². The number of fused-ring (bicyclic) bond motifs is 1. The summed E-state index contributed by atoms with van der Waals surface area (Å²) in [5, 5.41) is 6.31. The van der Waals surface area contributed by atoms with Gasteiger partial charge in [-0.15, -0.1) is 0 Å². The Morgan fingerprint density at radius 1 is 1.11 bits per heavy atom. The fourth-order valence-electron chi connectivity index (χ4n) is 4.35. The lowest BCUT2D eigenvalue weighted by Gasteiger charge is -2.32. The Bertz CT molecular complexity index is 1450. The van der Waals surface area contributed by atoms with E-state index < -0.39 is 11.8 Å². The van der Waals surface area contributed by atoms with Gasteiger partial charge in [-0.05, 0) is 31.3 Å². The van der Waals surface area contributed by atoms with Gasteiger partial charge in [0.05, 0.1) is 23.2 Å². The topological polar surface area (TPSA) is 94.8 Å². The van der Waals surface area contributed by atoms with Crippen molar-refractivity contribution in [3.05, 3.63) is 71.3 Å². The third-order valence-corrected chi connectivity index (χ3v) is 6.74. The van der Waals surface area contributed by atoms with Gasteiger partial charge in [-0.25, -0.2) is 14.2 Å². The number of aromatic nitrogens is 2. The first-order valence-electron chi connectivity index (χ1n) is 12.1. The lowest BCUT2D eigenvalue weighted by atomic mass is 10.1. The van der Waals surface area contributed by atoms with E-state index in [9.17, 15) is 9.18 Å². The number of carbonyl (C=O) groups excluding carboxylic acids is 1. The summed E-state index contributed by atoms with van der Waals surface area (Å²) < 4.78 is 26.2. The molecule has 4 aromatic rings. The highest BCUT2D eigenvalue weighted by atomic mass is 35.5. The Balaban J connectivity index is 1.22. The van der Waals surface area contributed by atoms with Crippen LogP contribution in [0.1, 0.15) is 5.56 Å². The van der Waals surface area contributed by atoms with E-state index >= 15 is 0 Å². The van der Waals surface area contributed by atoms with Gasteiger partial charge in [0.2, 0.25) is 0 Å². The molecule has 1 saturated heterocycles. The van der Waals surface area contributed by atoms with Crippen LogP contribution in [0.4, 0.5) is 20.6 Å². The van der Waals surface area contributed by atoms with Gasteiger partial charge >= 0.3 is 6.03 Å². The minimum Gasteiger partial charge on any atom is -0.496 e. The van der Waals surface area contributed by atoms with Crippen molar-refractivity contribution in [3.8, 4) is 17.2 Å². The molecule has 9 nitrogen and oxygen atoms in total. The van der Waals surface area contributed by atoms with Crippen molar-refractivity contribution >= 4 is 40.0 Å². The summed E-state index contributed by atoms with van der Waals surface area (Å²) in [6.45, 7) is 4.81. The molecule has 2 amide bonds. The van der Waals surface area contributed by atoms with Crippen LogP contribution in [0, 0.1) is 5.82 Å². The largest absolute Gasteiger partial charge is 0.496 e. The number of ether oxygens (including phenoxy) is 2. The molecule has 198 valence electrons. The molecule has 1 aliphatic heterocycles. The zero-order chi connectivity index (χ0) is 26.6. The molecule has 0 unspecified atom stereocenters. The van der Waals surface area contributed by atoms with E-state index in [1.807, 2.05) is 12.1 Å². The second kappa shape index (κ2) is 11.3. The molecule has 0 spiro atoms. The van der Waals surface area contributed by atoms with Crippen LogP contribution in [-0.2, 0) is 6.54 Å². The number of H-pyrrole nitrogens is 1. The number of amides is 2. The number of urea groups is 1. The van der Waals surface area contributed by atoms with Crippen LogP contribution in [0.5, 0.6) is 17.2 Å². The smallest absolute Gasteiger partial charge is 0.323 e. The van der Waals surface area contributed by atoms with E-state index in [-0.39, 0.29) is 11.4 Å². The van der Waals surface area contributed by atoms with Crippen LogP contribution in [0.3, 0.4) is 0 Å². The molecule has 38 heavy (non-hydrogen) atoms. The number of anilines is 2. The summed E-state index contributed by atoms with van der Waals surface area (Å²) in [4.78, 5) is 24.4. The quantitative estimate of drug-likeness (QED) is 0.286. The maximum Gasteiger partial charge on any atom is 0.323 e. The Labute approximate surface area is 224 Å². The van der Waals surface area contributed by atoms with Gasteiger partial charge in [0.1, 0.15) is 28.7 Å². The maximum atomic E-state index is 14.8. The highest BCUT2D eigenvalue weighted by molar-refractivity contribution is 6.36. The van der Waals surface area contributed by atoms with Crippen LogP contribution >= 0.6 is 11.6 Å². The van der Waals surface area contributed by atoms with Crippen molar-refractivity contribution in [1.82, 2.24) is 19.8 Å². The van der Waals surface area contributed by atoms with Crippen molar-refractivity contribution in [1.29, 1.82) is 0 Å². The number of halogens is 2. The molecule has 2 aromatic carbocycles. The number of aromatic amines is 1. The Hall–Kier alpha value is -3.86. The average molecular weight is 539 g/mol. The number of hydrogen-bond donors (Lipinski definition) is 3. The summed E-state index contributed by atoms with van der Waals surface area (Å²) in [6.07, 6.45) is 3.17. The molecule has 3 heterocycles. The van der Waals surface area contributed by atoms with Crippen LogP contribution in [-0.4, -0.2) is 66.1 Å². The van der Waals surface area contributed by atoms with Gasteiger partial charge in [-0.2, -0.15) is 0 Å². The van der Waals surface area contributed by atoms with Gasteiger partial charge < -0.3 is 30.0 Å². The second-order valence-electron chi connectivity index (χ2n) is 9.10. The van der Waals surface area contributed by atoms with Gasteiger partial charge in [0, 0.05) is 68.5 Å². The zero-order valence-electron chi connectivity index (χ0n) is 21.1. The molecular weight excluding hydrogens is 511 g/mol. The summed E-state index contributed by atoms with van der Waals surface area (Å²) in [5.41, 5.74) is 2.14. The average Bonchev–Trinajstić information content (AvgIpc) is 3.29. The second-order valence-corrected chi connectivity index (χ2v) is 9.51. The molecule has 5 rings (SSSR count). The highest BCUT2D eigenvalue weighted by Crippen LogP contribution is 2.34. The lowest BCUT2D eigenvalue weighted by Crippen LogP contribution is -2.43. The number of rotatable bonds is 7. The molecule has 1 aliphatic rings. The van der Waals surface area contributed by atoms with Gasteiger partial charge in [0.15, 0.2) is 0 Å². The number of pyridine rings is 1. The monoisotopic (exact) mass is 538 g/mol. The SMILES string of the molecule is COc1cc(NC(=O)Nc2ccc(Oc3ccnc4[nH]cc(Cl)c34)cc2F)ccc1CN1CCN(C)CC1. The highest BCUT2D eigenvalue weighted by Gasteiger charge is 2.17. The van der Waals surface area contributed by atoms with Crippen LogP contribution in [0.15, 0.2) is 54.9 Å². The number of nitrogens with one attached hydrogen (secondary N) is 3. The van der Waals surface area contributed by atoms with Gasteiger partial charge in [0.25, 0.3) is 0 Å². The first-order chi connectivity index (χ1) is 18.4. The summed E-state index contributed by atoms with van der Waals surface area (Å²) in [5.74, 6) is 0.716. The van der Waals surface area contributed by atoms with Crippen molar-refractivity contribution in [2.24, 2.45) is 0 Å². The molecule has 0 aliphatic carbocycles. The molecule has 3 N–H and O–H groups in total. The van der Waals surface area contributed by atoms with Crippen LogP contribution in [0.25, 0.3) is 11.0 Å². The van der Waals surface area contributed by atoms with E-state index in [4.69, 9.17) is 21.1 Å². The lowest BCUT2D eigenvalue weighted by molar-refractivity contribution is 0.147. The number of hydrogen-bond acceptors (Lipinski definition) is 6. The minimum absolute atomic E-state index is 0.00746. The summed E-state index contributed by atoms with van der Waals surface area (Å²) in [7, 11) is 3.73. The number of carbonyl (C=O) groups is 1. The molecule has 0 bridgehead atoms. The molecule has 1 fully saturated rings. The molecular formula is C27H28ClFN6O3. The fraction of sp³-hybridized carbons (Fsp3) is 0.259. The first kappa shape index (κ1) is 25.8. The normalized spacial score (nSPS) is 14.4. The molecule has 11 heteroatoms. The molecule has 0 atom stereocenters. The number of benzene rings is 2. The van der Waals surface area contributed by atoms with E-state index in [2.05, 4.69) is 37.4 Å². The van der Waals surface area contributed by atoms with Crippen molar-refractivity contribution < 1.29 is 18.7 Å². The molecule has 0 radical (unpaired) electrons. The van der Waals surface area contributed by atoms with E-state index in [1.54, 1.807) is 37.7 Å². The summed E-state index contributed by atoms with van der Waals surface area (Å²) in [6, 6.07) is 10.8. The van der Waals surface area contributed by atoms with E-state index in [1.165, 1.54) is 12.1 Å². The Morgan fingerprint density at radius 2 is 1.92 bits per heavy atom. The Kier molecular flexibility index (Phi) is 7.64. The van der Waals surface area contributed by atoms with Gasteiger partial charge in [-0.3, -0.25) is 4.90 Å². The standard InChI is InChI=1S/C27H28ClFN6O3/c1-34-9-11-35(12-10-34)16-17-3-4-18(13-24(17)37-2)32-27(36)33-22-6-5-19(14-21(22)29)38-23-7-8-30-26-25(23)20(28)15-31-26/h3-8,13-15H,9-12,16H2,1-2H3,(H,30,31)(H2,32,33,36). The minimum atomic E-state index is -0.650. The predicted molar refractivity (Wildman–Crippen MR) is 146 cm³/mol. The number of nitrogens with zero attached hydrogens (tertiary/aromatic N) is 3. The summed E-state index contributed by atoms with van der Waals surface area (Å²) >= 11 is 6.21. The van der Waals surface area contributed by atoms with Crippen molar-refractivity contribution in [3.63, 3.8) is 0 Å². The van der Waals surface area contributed by atoms with Crippen LogP contribution in [0.2, 0.25) is 5.02 Å². The molecule has 2 aromatic heterocycles. The van der Waals surface area contributed by atoms with E-state index in [0.29, 0.717) is 33.2 Å². The predicted octanol–water partition coefficient (Wildman–Crippen LogP) is 5.55. The van der Waals surface area contributed by atoms with Crippen LogP contribution < -0.4 is 20.1 Å². The first-order valence-corrected chi connectivity index (χ1v) is 12.5. The number of piperazine rings is 1. The van der Waals surface area contributed by atoms with Gasteiger partial charge in [-0.1, -0.05) is 17.7 Å². The van der Waals surface area contributed by atoms with Crippen molar-refractivity contribution in [2.45, 2.75) is 6.54 Å². The molecule has 0 saturated carbocycles. The maximum absolute atomic E-state index is 14.8. The number of methoxy groups -OCH3 is 1. The third kappa shape index (κ3) is 5.83. The Morgan fingerprint density at radius 3 is 2.68 bits per heavy atom. The fourth-order valence-corrected chi connectivity index (χ4v) is 4.58.